The van der Waals surface area contributed by atoms with Crippen molar-refractivity contribution in [3.8, 4) is 6.07 Å². The summed E-state index contributed by atoms with van der Waals surface area (Å²) in [6, 6.07) is 9.77. The molecular weight excluding hydrogens is 306 g/mol. The summed E-state index contributed by atoms with van der Waals surface area (Å²) in [5, 5.41) is 23.2. The van der Waals surface area contributed by atoms with Gasteiger partial charge >= 0.3 is 5.97 Å². The third-order valence-corrected chi connectivity index (χ3v) is 3.52. The lowest BCUT2D eigenvalue weighted by Crippen LogP contribution is -2.26. The summed E-state index contributed by atoms with van der Waals surface area (Å²) in [7, 11) is 0. The number of carbonyl (C=O) groups excluding carboxylic acids is 1. The molecule has 6 heteroatoms. The van der Waals surface area contributed by atoms with Gasteiger partial charge in [0.05, 0.1) is 0 Å². The lowest BCUT2D eigenvalue weighted by Gasteiger charge is -2.07. The molecule has 0 bridgehead atoms. The second kappa shape index (κ2) is 10.8. The summed E-state index contributed by atoms with van der Waals surface area (Å²) in [6.07, 6.45) is 3.56. The number of nitrogens with zero attached hydrogens (tertiary/aromatic N) is 1. The smallest absolute Gasteiger partial charge is 0.303 e. The van der Waals surface area contributed by atoms with Crippen molar-refractivity contribution in [3.05, 3.63) is 47.2 Å². The number of carboxylic acids is 1. The highest BCUT2D eigenvalue weighted by molar-refractivity contribution is 5.97. The second-order valence-electron chi connectivity index (χ2n) is 5.44. The van der Waals surface area contributed by atoms with E-state index < -0.39 is 11.9 Å². The molecule has 0 fully saturated rings. The normalized spacial score (nSPS) is 10.8. The Kier molecular flexibility index (Phi) is 8.69. The number of aliphatic carboxylic acids is 1. The van der Waals surface area contributed by atoms with Gasteiger partial charge in [-0.15, -0.1) is 0 Å². The minimum Gasteiger partial charge on any atom is -0.481 e. The Bertz CT molecular complexity index is 633. The van der Waals surface area contributed by atoms with Gasteiger partial charge < -0.3 is 15.7 Å². The first-order valence-electron chi connectivity index (χ1n) is 7.92. The lowest BCUT2D eigenvalue weighted by molar-refractivity contribution is -0.137. The Hall–Kier alpha value is -2.81. The van der Waals surface area contributed by atoms with Gasteiger partial charge in [-0.3, -0.25) is 9.59 Å². The molecule has 0 aliphatic heterocycles. The van der Waals surface area contributed by atoms with Crippen molar-refractivity contribution in [2.45, 2.75) is 39.2 Å². The van der Waals surface area contributed by atoms with Crippen LogP contribution in [0.25, 0.3) is 0 Å². The minimum absolute atomic E-state index is 0.0223. The predicted octanol–water partition coefficient (Wildman–Crippen LogP) is 2.25. The highest BCUT2D eigenvalue weighted by Crippen LogP contribution is 2.06. The standard InChI is InChI=1S/C18H23N3O3/c1-14-7-4-5-8-15(14)12-20-13-16(11-19)18(24)21-10-6-2-3-9-17(22)23/h4-5,7-8,13,20H,2-3,6,9-10,12H2,1H3,(H,21,24)(H,22,23)/b16-13-. The molecule has 128 valence electrons. The Morgan fingerprint density at radius 3 is 2.67 bits per heavy atom. The molecule has 0 unspecified atom stereocenters. The minimum atomic E-state index is -0.812. The number of nitriles is 1. The van der Waals surface area contributed by atoms with E-state index in [-0.39, 0.29) is 12.0 Å². The summed E-state index contributed by atoms with van der Waals surface area (Å²) >= 11 is 0. The molecule has 0 aliphatic carbocycles. The molecule has 0 saturated carbocycles. The molecule has 1 rings (SSSR count). The Morgan fingerprint density at radius 2 is 2.00 bits per heavy atom. The molecule has 0 aliphatic rings. The molecule has 3 N–H and O–H groups in total. The quantitative estimate of drug-likeness (QED) is 0.347. The zero-order valence-corrected chi connectivity index (χ0v) is 13.8. The molecule has 0 heterocycles. The van der Waals surface area contributed by atoms with Gasteiger partial charge in [-0.1, -0.05) is 30.7 Å². The fraction of sp³-hybridized carbons (Fsp3) is 0.389. The maximum Gasteiger partial charge on any atom is 0.303 e. The van der Waals surface area contributed by atoms with E-state index in [9.17, 15) is 9.59 Å². The highest BCUT2D eigenvalue weighted by Gasteiger charge is 2.07. The van der Waals surface area contributed by atoms with Crippen LogP contribution in [0.4, 0.5) is 0 Å². The number of aryl methyl sites for hydroxylation is 1. The van der Waals surface area contributed by atoms with Crippen LogP contribution in [0.5, 0.6) is 0 Å². The van der Waals surface area contributed by atoms with Crippen molar-refractivity contribution in [3.63, 3.8) is 0 Å². The molecular formula is C18H23N3O3. The second-order valence-corrected chi connectivity index (χ2v) is 5.44. The van der Waals surface area contributed by atoms with Crippen molar-refractivity contribution in [2.24, 2.45) is 0 Å². The van der Waals surface area contributed by atoms with Gasteiger partial charge in [0.25, 0.3) is 5.91 Å². The first kappa shape index (κ1) is 19.2. The molecule has 1 amide bonds. The molecule has 1 aromatic rings. The van der Waals surface area contributed by atoms with Crippen LogP contribution in [0.15, 0.2) is 36.0 Å². The molecule has 0 atom stereocenters. The molecule has 6 nitrogen and oxygen atoms in total. The molecule has 0 saturated heterocycles. The van der Waals surface area contributed by atoms with E-state index >= 15 is 0 Å². The molecule has 24 heavy (non-hydrogen) atoms. The maximum absolute atomic E-state index is 11.9. The topological polar surface area (TPSA) is 102 Å². The van der Waals surface area contributed by atoms with E-state index in [1.54, 1.807) is 0 Å². The van der Waals surface area contributed by atoms with Gasteiger partial charge in [0.1, 0.15) is 11.6 Å². The van der Waals surface area contributed by atoms with Crippen LogP contribution in [-0.4, -0.2) is 23.5 Å². The van der Waals surface area contributed by atoms with E-state index in [2.05, 4.69) is 10.6 Å². The number of unbranched alkanes of at least 4 members (excludes halogenated alkanes) is 2. The average molecular weight is 329 g/mol. The zero-order chi connectivity index (χ0) is 17.8. The third-order valence-electron chi connectivity index (χ3n) is 3.52. The van der Waals surface area contributed by atoms with E-state index in [1.807, 2.05) is 37.3 Å². The van der Waals surface area contributed by atoms with Crippen LogP contribution in [-0.2, 0) is 16.1 Å². The summed E-state index contributed by atoms with van der Waals surface area (Å²) in [5.74, 6) is -1.23. The predicted molar refractivity (Wildman–Crippen MR) is 90.8 cm³/mol. The summed E-state index contributed by atoms with van der Waals surface area (Å²) < 4.78 is 0. The van der Waals surface area contributed by atoms with Crippen molar-refractivity contribution >= 4 is 11.9 Å². The SMILES string of the molecule is Cc1ccccc1CN/C=C(/C#N)C(=O)NCCCCCC(=O)O. The van der Waals surface area contributed by atoms with Crippen LogP contribution in [0, 0.1) is 18.3 Å². The van der Waals surface area contributed by atoms with Crippen LogP contribution in [0.1, 0.15) is 36.8 Å². The van der Waals surface area contributed by atoms with Gasteiger partial charge in [-0.05, 0) is 30.9 Å². The number of rotatable bonds is 10. The molecule has 0 aromatic heterocycles. The number of carbonyl (C=O) groups is 2. The Labute approximate surface area is 142 Å². The fourth-order valence-electron chi connectivity index (χ4n) is 2.10. The number of nitrogens with one attached hydrogen (secondary N) is 2. The molecule has 0 radical (unpaired) electrons. The van der Waals surface area contributed by atoms with E-state index in [0.29, 0.717) is 25.9 Å². The van der Waals surface area contributed by atoms with Crippen LogP contribution < -0.4 is 10.6 Å². The van der Waals surface area contributed by atoms with Gasteiger partial charge in [-0.2, -0.15) is 5.26 Å². The first-order valence-corrected chi connectivity index (χ1v) is 7.92. The van der Waals surface area contributed by atoms with Crippen LogP contribution in [0.2, 0.25) is 0 Å². The number of hydrogen-bond donors (Lipinski definition) is 3. The van der Waals surface area contributed by atoms with Gasteiger partial charge in [-0.25, -0.2) is 0 Å². The van der Waals surface area contributed by atoms with Gasteiger partial charge in [0.15, 0.2) is 0 Å². The van der Waals surface area contributed by atoms with Crippen molar-refractivity contribution in [1.82, 2.24) is 10.6 Å². The first-order chi connectivity index (χ1) is 11.5. The zero-order valence-electron chi connectivity index (χ0n) is 13.8. The Balaban J connectivity index is 2.34. The van der Waals surface area contributed by atoms with Crippen molar-refractivity contribution in [1.29, 1.82) is 5.26 Å². The number of benzene rings is 1. The molecule has 0 spiro atoms. The third kappa shape index (κ3) is 7.45. The lowest BCUT2D eigenvalue weighted by atomic mass is 10.1. The largest absolute Gasteiger partial charge is 0.481 e. The van der Waals surface area contributed by atoms with Crippen molar-refractivity contribution in [2.75, 3.05) is 6.54 Å². The van der Waals surface area contributed by atoms with Crippen LogP contribution in [0.3, 0.4) is 0 Å². The summed E-state index contributed by atoms with van der Waals surface area (Å²) in [5.41, 5.74) is 2.27. The monoisotopic (exact) mass is 329 g/mol. The van der Waals surface area contributed by atoms with Crippen LogP contribution >= 0.6 is 0 Å². The van der Waals surface area contributed by atoms with Gasteiger partial charge in [0.2, 0.25) is 0 Å². The van der Waals surface area contributed by atoms with E-state index in [4.69, 9.17) is 10.4 Å². The Morgan fingerprint density at radius 1 is 1.25 bits per heavy atom. The average Bonchev–Trinajstić information content (AvgIpc) is 2.56. The van der Waals surface area contributed by atoms with E-state index in [0.717, 1.165) is 17.5 Å². The number of carboxylic acid groups (broad SMARTS) is 1. The maximum atomic E-state index is 11.9. The molecule has 1 aromatic carbocycles. The van der Waals surface area contributed by atoms with E-state index in [1.165, 1.54) is 6.20 Å². The number of amides is 1. The summed E-state index contributed by atoms with van der Waals surface area (Å²) in [6.45, 7) is 2.97. The number of hydrogen-bond acceptors (Lipinski definition) is 4. The highest BCUT2D eigenvalue weighted by atomic mass is 16.4. The fourth-order valence-corrected chi connectivity index (χ4v) is 2.10. The van der Waals surface area contributed by atoms with Gasteiger partial charge in [0, 0.05) is 25.7 Å². The van der Waals surface area contributed by atoms with Crippen molar-refractivity contribution < 1.29 is 14.7 Å². The summed E-state index contributed by atoms with van der Waals surface area (Å²) in [4.78, 5) is 22.3.